The molecule has 326 valence electrons. The Hall–Kier alpha value is -4.67. The van der Waals surface area contributed by atoms with Crippen molar-refractivity contribution in [3.63, 3.8) is 0 Å². The van der Waals surface area contributed by atoms with Gasteiger partial charge in [0.15, 0.2) is 17.5 Å². The lowest BCUT2D eigenvalue weighted by molar-refractivity contribution is -0.347. The predicted molar refractivity (Wildman–Crippen MR) is 213 cm³/mol. The third-order valence-corrected chi connectivity index (χ3v) is 12.9. The number of aliphatic hydroxyl groups is 2. The Bertz CT molecular complexity index is 2310. The van der Waals surface area contributed by atoms with Gasteiger partial charge in [-0.25, -0.2) is 14.4 Å². The highest BCUT2D eigenvalue weighted by atomic mass is 16.6. The zero-order valence-electron chi connectivity index (χ0n) is 43.3. The summed E-state index contributed by atoms with van der Waals surface area (Å²) in [5.74, 6) is -5.31. The van der Waals surface area contributed by atoms with Gasteiger partial charge in [-0.15, -0.1) is 0 Å². The monoisotopic (exact) mass is 844 g/mol. The number of benzene rings is 2. The number of fused-ring (bicyclic) bond motifs is 5. The minimum atomic E-state index is -4.08. The third-order valence-electron chi connectivity index (χ3n) is 12.9. The maximum atomic E-state index is 15.6. The fourth-order valence-electron chi connectivity index (χ4n) is 9.93. The molecule has 15 nitrogen and oxygen atoms in total. The Kier molecular flexibility index (Phi) is 9.24. The number of Topliss-reactive ketones (excluding diaryl/α,β-unsaturated/α-hetero) is 1. The van der Waals surface area contributed by atoms with E-state index in [0.717, 1.165) is 6.92 Å². The topological polar surface area (TPSA) is 202 Å². The van der Waals surface area contributed by atoms with Gasteiger partial charge in [0.1, 0.15) is 35.6 Å². The van der Waals surface area contributed by atoms with Gasteiger partial charge in [0.05, 0.1) is 35.6 Å². The average Bonchev–Trinajstić information content (AvgIpc) is 3.25. The number of ether oxygens (including phenoxy) is 7. The van der Waals surface area contributed by atoms with Crippen molar-refractivity contribution in [1.29, 1.82) is 0 Å². The lowest BCUT2D eigenvalue weighted by Gasteiger charge is -2.67. The van der Waals surface area contributed by atoms with Crippen molar-refractivity contribution in [2.24, 2.45) is 16.7 Å². The summed E-state index contributed by atoms with van der Waals surface area (Å²) in [4.78, 5) is 71.1. The van der Waals surface area contributed by atoms with Crippen molar-refractivity contribution < 1.29 is 79.7 Å². The molecule has 2 aromatic rings. The number of rotatable bonds is 10. The molecule has 11 atom stereocenters. The number of amides is 1. The average molecular weight is 845 g/mol. The Balaban J connectivity index is 1.49. The maximum absolute atomic E-state index is 15.6. The van der Waals surface area contributed by atoms with E-state index in [-0.39, 0.29) is 35.3 Å². The van der Waals surface area contributed by atoms with Crippen molar-refractivity contribution in [2.45, 2.75) is 127 Å². The van der Waals surface area contributed by atoms with Crippen LogP contribution in [-0.2, 0) is 47.5 Å². The first-order chi connectivity index (χ1) is 31.8. The fraction of sp³-hybridized carbons (Fsp3) is 0.578. The van der Waals surface area contributed by atoms with Crippen LogP contribution in [0.4, 0.5) is 4.79 Å². The second-order valence-electron chi connectivity index (χ2n) is 16.6. The summed E-state index contributed by atoms with van der Waals surface area (Å²) in [7, 11) is 2.62. The van der Waals surface area contributed by atoms with Gasteiger partial charge >= 0.3 is 24.0 Å². The molecule has 3 unspecified atom stereocenters. The summed E-state index contributed by atoms with van der Waals surface area (Å²) in [6.07, 6.45) is -11.9. The van der Waals surface area contributed by atoms with Crippen molar-refractivity contribution >= 4 is 29.8 Å². The zero-order chi connectivity index (χ0) is 51.7. The van der Waals surface area contributed by atoms with Crippen LogP contribution >= 0.6 is 0 Å². The number of nitrogens with one attached hydrogen (secondary N) is 1. The van der Waals surface area contributed by atoms with Crippen LogP contribution in [0.1, 0.15) is 102 Å². The molecule has 1 saturated heterocycles. The summed E-state index contributed by atoms with van der Waals surface area (Å²) in [5.41, 5.74) is -11.4. The van der Waals surface area contributed by atoms with Gasteiger partial charge in [-0.05, 0) is 63.2 Å². The molecule has 2 aromatic carbocycles. The molecule has 0 radical (unpaired) electrons. The van der Waals surface area contributed by atoms with E-state index in [4.69, 9.17) is 45.5 Å². The first kappa shape index (κ1) is 34.0. The molecule has 0 spiro atoms. The minimum Gasteiger partial charge on any atom is -0.456 e. The summed E-state index contributed by atoms with van der Waals surface area (Å²) in [6.45, 7) is -4.81. The van der Waals surface area contributed by atoms with Crippen molar-refractivity contribution in [3.05, 3.63) is 82.9 Å². The van der Waals surface area contributed by atoms with Gasteiger partial charge < -0.3 is 48.7 Å². The van der Waals surface area contributed by atoms with Gasteiger partial charge in [0.25, 0.3) is 0 Å². The van der Waals surface area contributed by atoms with E-state index in [0.29, 0.717) is 0 Å². The summed E-state index contributed by atoms with van der Waals surface area (Å²) >= 11 is 0. The van der Waals surface area contributed by atoms with Gasteiger partial charge in [0.2, 0.25) is 0 Å². The molecule has 3 aliphatic carbocycles. The van der Waals surface area contributed by atoms with Gasteiger partial charge in [-0.1, -0.05) is 62.4 Å². The van der Waals surface area contributed by atoms with Crippen LogP contribution in [0.5, 0.6) is 0 Å². The van der Waals surface area contributed by atoms with Crippen LogP contribution in [0.15, 0.2) is 71.8 Å². The number of carbonyl (C=O) groups is 5. The molecule has 2 bridgehead atoms. The van der Waals surface area contributed by atoms with E-state index >= 15 is 4.79 Å². The van der Waals surface area contributed by atoms with E-state index < -0.39 is 133 Å². The molecule has 1 aliphatic heterocycles. The standard InChI is InChI=1S/C45H57NO14/c1-24-28(57-39(51)33(48)32(26-17-13-11-14-18-26)46-40(52)60-41(3,4)5)22-45(53)37(58-38(50)27-19-15-12-16-20-27)35-43(8,36(49)34(55-10)31(24)42(45,6)7)29(54-9)21-30-44(35,23-56-30)59-25(2)47/h11-20,28-30,32-35,37,48,53H,21-23H2,1-10H3,(H,46,52)/t28-,29-,30?,32?,33+,34+,35?,37-,43+,44-,45+/m0/s1/i3D3,4D3,5D3. The number of methoxy groups -OCH3 is 2. The predicted octanol–water partition coefficient (Wildman–Crippen LogP) is 4.57. The van der Waals surface area contributed by atoms with E-state index in [2.05, 4.69) is 0 Å². The molecular formula is C45H57NO14. The molecule has 3 fully saturated rings. The van der Waals surface area contributed by atoms with Crippen LogP contribution in [-0.4, -0.2) is 114 Å². The molecule has 6 rings (SSSR count). The van der Waals surface area contributed by atoms with Gasteiger partial charge in [-0.3, -0.25) is 9.59 Å². The first-order valence-electron chi connectivity index (χ1n) is 23.9. The molecule has 60 heavy (non-hydrogen) atoms. The lowest BCUT2D eigenvalue weighted by atomic mass is 9.44. The molecule has 1 heterocycles. The van der Waals surface area contributed by atoms with Crippen molar-refractivity contribution in [3.8, 4) is 0 Å². The summed E-state index contributed by atoms with van der Waals surface area (Å²) in [6, 6.07) is 12.8. The Morgan fingerprint density at radius 2 is 1.60 bits per heavy atom. The smallest absolute Gasteiger partial charge is 0.408 e. The van der Waals surface area contributed by atoms with E-state index in [9.17, 15) is 29.4 Å². The van der Waals surface area contributed by atoms with E-state index in [1.807, 2.05) is 5.32 Å². The van der Waals surface area contributed by atoms with E-state index in [1.165, 1.54) is 63.6 Å². The lowest BCUT2D eigenvalue weighted by Crippen LogP contribution is -2.82. The van der Waals surface area contributed by atoms with E-state index in [1.54, 1.807) is 39.0 Å². The summed E-state index contributed by atoms with van der Waals surface area (Å²) in [5, 5.41) is 27.6. The largest absolute Gasteiger partial charge is 0.456 e. The Morgan fingerprint density at radius 3 is 2.15 bits per heavy atom. The molecule has 0 aromatic heterocycles. The fourth-order valence-corrected chi connectivity index (χ4v) is 9.93. The normalized spacial score (nSPS) is 35.8. The Morgan fingerprint density at radius 1 is 0.967 bits per heavy atom. The first-order valence-corrected chi connectivity index (χ1v) is 19.4. The SMILES string of the molecule is [2H]C([2H])([2H])C(OC(=O)NC(c1ccccc1)[C@@H](O)C(=O)O[C@H]1C[C@@]2(O)[C@@H](OC(=O)c3ccccc3)C3[C@]4(OC(C)=O)COC4C[C@H](OC)[C@@]3(C)C(=O)[C@H](OC)C(=C1C)C2(C)C)(C([2H])([2H])[2H])C([2H])([2H])[2H]. The molecule has 3 N–H and O–H groups in total. The quantitative estimate of drug-likeness (QED) is 0.171. The van der Waals surface area contributed by atoms with Gasteiger partial charge in [-0.2, -0.15) is 0 Å². The number of ketones is 1. The van der Waals surface area contributed by atoms with Crippen LogP contribution in [0.25, 0.3) is 0 Å². The number of aliphatic hydroxyl groups excluding tert-OH is 1. The molecule has 4 aliphatic rings. The van der Waals surface area contributed by atoms with Crippen LogP contribution in [0, 0.1) is 16.7 Å². The highest BCUT2D eigenvalue weighted by Gasteiger charge is 2.78. The second-order valence-corrected chi connectivity index (χ2v) is 16.6. The van der Waals surface area contributed by atoms with Crippen LogP contribution in [0.3, 0.4) is 0 Å². The molecule has 2 saturated carbocycles. The number of hydrogen-bond donors (Lipinski definition) is 3. The molecule has 1 amide bonds. The molecular weight excluding hydrogens is 778 g/mol. The molecule has 15 heteroatoms. The number of esters is 3. The maximum Gasteiger partial charge on any atom is 0.408 e. The third kappa shape index (κ3) is 7.52. The van der Waals surface area contributed by atoms with Crippen molar-refractivity contribution in [1.82, 2.24) is 5.32 Å². The van der Waals surface area contributed by atoms with Gasteiger partial charge in [0, 0.05) is 51.7 Å². The number of hydrogen-bond acceptors (Lipinski definition) is 14. The van der Waals surface area contributed by atoms with Crippen LogP contribution in [0.2, 0.25) is 0 Å². The Labute approximate surface area is 362 Å². The van der Waals surface area contributed by atoms with Crippen LogP contribution < -0.4 is 5.32 Å². The number of carbonyl (C=O) groups excluding carboxylic acids is 5. The zero-order valence-corrected chi connectivity index (χ0v) is 34.3. The minimum absolute atomic E-state index is 0.0318. The highest BCUT2D eigenvalue weighted by Crippen LogP contribution is 2.64. The van der Waals surface area contributed by atoms with Crippen molar-refractivity contribution in [2.75, 3.05) is 20.8 Å². The second kappa shape index (κ2) is 16.3. The highest BCUT2D eigenvalue weighted by molar-refractivity contribution is 5.94. The summed E-state index contributed by atoms with van der Waals surface area (Å²) < 4.78 is 112. The number of alkyl carbamates (subject to hydrolysis) is 1.